The highest BCUT2D eigenvalue weighted by Gasteiger charge is 1.63. The van der Waals surface area contributed by atoms with E-state index in [4.69, 9.17) is 0 Å². The molecule has 0 saturated heterocycles. The van der Waals surface area contributed by atoms with Gasteiger partial charge >= 0.3 is 0 Å². The van der Waals surface area contributed by atoms with Crippen LogP contribution in [0.4, 0.5) is 0 Å². The molecule has 0 nitrogen and oxygen atoms in total. The Labute approximate surface area is 49.4 Å². The molecule has 0 aromatic heterocycles. The first kappa shape index (κ1) is 5.60. The lowest BCUT2D eigenvalue weighted by Crippen LogP contribution is -1.06. The Morgan fingerprint density at radius 2 is 2.00 bits per heavy atom. The lowest BCUT2D eigenvalue weighted by molar-refractivity contribution is 5.82. The van der Waals surface area contributed by atoms with Gasteiger partial charge in [-0.25, -0.2) is 0 Å². The second kappa shape index (κ2) is 2.82. The van der Waals surface area contributed by atoms with Crippen LogP contribution in [0.25, 0.3) is 0 Å². The summed E-state index contributed by atoms with van der Waals surface area (Å²) in [7, 11) is 0. The normalized spacial score (nSPS) is 11.0. The summed E-state index contributed by atoms with van der Waals surface area (Å²) in [5.74, 6) is 0. The van der Waals surface area contributed by atoms with E-state index in [9.17, 15) is 0 Å². The molecule has 0 amide bonds. The van der Waals surface area contributed by atoms with Gasteiger partial charge in [0.15, 0.2) is 0 Å². The molecule has 0 aliphatic rings. The van der Waals surface area contributed by atoms with Gasteiger partial charge in [-0.15, -0.1) is 0 Å². The molecule has 0 spiro atoms. The maximum atomic E-state index is 4.49. The monoisotopic (exact) mass is 222 g/mol. The molecule has 4 heavy (non-hydrogen) atoms. The average Bonchev–Trinajstić information content (AvgIpc) is 0.811. The molecular weight excluding hydrogens is 222 g/mol. The number of hydrogen-bond donors (Lipinski definition) is 0. The lowest BCUT2D eigenvalue weighted by atomic mass is 30.2. The second-order valence-corrected chi connectivity index (χ2v) is 10.3. The summed E-state index contributed by atoms with van der Waals surface area (Å²) in [6, 6.07) is 0. The van der Waals surface area contributed by atoms with Gasteiger partial charge in [-0.05, 0) is 0 Å². The van der Waals surface area contributed by atoms with Crippen molar-refractivity contribution in [3.05, 3.63) is 0 Å². The van der Waals surface area contributed by atoms with Gasteiger partial charge in [0.25, 0.3) is 0 Å². The Bertz CT molecular complexity index is 29.0. The van der Waals surface area contributed by atoms with E-state index in [0.29, 0.717) is 0 Å². The van der Waals surface area contributed by atoms with E-state index in [2.05, 4.69) is 24.1 Å². The van der Waals surface area contributed by atoms with Crippen LogP contribution >= 0.6 is 25.6 Å². The summed E-state index contributed by atoms with van der Waals surface area (Å²) in [4.78, 5) is 0. The van der Waals surface area contributed by atoms with Crippen molar-refractivity contribution in [1.82, 2.24) is 0 Å². The molecule has 4 heteroatoms. The van der Waals surface area contributed by atoms with Gasteiger partial charge in [0.2, 0.25) is 22.0 Å². The maximum Gasteiger partial charge on any atom is 0.217 e. The molecule has 0 saturated carbocycles. The highest BCUT2D eigenvalue weighted by Crippen LogP contribution is 2.26. The van der Waals surface area contributed by atoms with Crippen molar-refractivity contribution in [1.29, 1.82) is 0 Å². The van der Waals surface area contributed by atoms with Gasteiger partial charge in [0.05, 0.1) is 0 Å². The predicted molar refractivity (Wildman–Crippen MR) is 35.7 cm³/mol. The topological polar surface area (TPSA) is 0 Å². The van der Waals surface area contributed by atoms with E-state index in [1.54, 1.807) is 0 Å². The van der Waals surface area contributed by atoms with Gasteiger partial charge in [-0.1, -0.05) is 0 Å². The van der Waals surface area contributed by atoms with Crippen LogP contribution in [-0.2, 0) is 24.1 Å². The van der Waals surface area contributed by atoms with Crippen LogP contribution in [0.2, 0.25) is 0 Å². The minimum atomic E-state index is -0.484. The summed E-state index contributed by atoms with van der Waals surface area (Å²) in [5, 5.41) is 0. The maximum absolute atomic E-state index is 4.49. The Morgan fingerprint density at radius 3 is 2.00 bits per heavy atom. The van der Waals surface area contributed by atoms with Crippen LogP contribution in [0, 0.1) is 0 Å². The molecule has 0 heterocycles. The van der Waals surface area contributed by atoms with E-state index >= 15 is 0 Å². The first-order valence-electron chi connectivity index (χ1n) is 0.534. The second-order valence-electron chi connectivity index (χ2n) is 0.213. The molecule has 0 bridgehead atoms. The minimum absolute atomic E-state index is 0.484. The molecule has 0 fully saturated rings. The van der Waals surface area contributed by atoms with Crippen molar-refractivity contribution in [2.24, 2.45) is 0 Å². The summed E-state index contributed by atoms with van der Waals surface area (Å²) >= 11 is 11.0. The fourth-order valence-electron chi connectivity index (χ4n) is 0. The van der Waals surface area contributed by atoms with Crippen molar-refractivity contribution in [2.75, 3.05) is 0 Å². The van der Waals surface area contributed by atoms with Crippen LogP contribution in [0.3, 0.4) is 0 Å². The van der Waals surface area contributed by atoms with Crippen molar-refractivity contribution in [3.63, 3.8) is 0 Å². The van der Waals surface area contributed by atoms with Crippen LogP contribution in [0.15, 0.2) is 0 Å². The minimum Gasteiger partial charge on any atom is -0.468 e. The van der Waals surface area contributed by atoms with Crippen LogP contribution in [0.1, 0.15) is 0 Å². The highest BCUT2D eigenvalue weighted by atomic mass is 127. The molecule has 0 aromatic rings. The molecule has 0 radical (unpaired) electrons. The van der Waals surface area contributed by atoms with Crippen molar-refractivity contribution in [3.8, 4) is 0 Å². The van der Waals surface area contributed by atoms with Gasteiger partial charge in [-0.3, -0.25) is 0 Å². The third kappa shape index (κ3) is 9.51. The molecule has 0 aliphatic heterocycles. The van der Waals surface area contributed by atoms with Gasteiger partial charge in [-0.2, -0.15) is 0 Å². The fourth-order valence-corrected chi connectivity index (χ4v) is 0. The van der Waals surface area contributed by atoms with Crippen molar-refractivity contribution >= 4 is 49.6 Å². The zero-order chi connectivity index (χ0) is 3.58. The number of rotatable bonds is 0. The predicted octanol–water partition coefficient (Wildman–Crippen LogP) is 1.74. The SMILES string of the molecule is S=[P+]([S-])I. The zero-order valence-corrected chi connectivity index (χ0v) is 6.33. The molecule has 0 aliphatic carbocycles. The molecular formula is IPS2. The number of hydrogen-bond acceptors (Lipinski definition) is 2. The summed E-state index contributed by atoms with van der Waals surface area (Å²) in [5.41, 5.74) is 0. The molecule has 0 N–H and O–H groups in total. The quantitative estimate of drug-likeness (QED) is 0.348. The van der Waals surface area contributed by atoms with Gasteiger partial charge in [0.1, 0.15) is 15.3 Å². The Kier molecular flexibility index (Phi) is 3.94. The Balaban J connectivity index is 2.80. The first-order chi connectivity index (χ1) is 1.73. The van der Waals surface area contributed by atoms with E-state index < -0.39 is 3.54 Å². The smallest absolute Gasteiger partial charge is 0.217 e. The zero-order valence-electron chi connectivity index (χ0n) is 1.64. The summed E-state index contributed by atoms with van der Waals surface area (Å²) < 4.78 is -0.484. The third-order valence-electron chi connectivity index (χ3n) is 0. The highest BCUT2D eigenvalue weighted by molar-refractivity contribution is 14.2. The third-order valence-corrected chi connectivity index (χ3v) is 0. The molecule has 24 valence electrons. The van der Waals surface area contributed by atoms with Crippen LogP contribution in [-0.4, -0.2) is 0 Å². The fraction of sp³-hybridized carbons (Fsp3) is 0. The van der Waals surface area contributed by atoms with Crippen LogP contribution in [0.5, 0.6) is 0 Å². The Morgan fingerprint density at radius 1 is 2.00 bits per heavy atom. The lowest BCUT2D eigenvalue weighted by Gasteiger charge is -1.60. The molecule has 1 atom stereocenters. The summed E-state index contributed by atoms with van der Waals surface area (Å²) in [6.45, 7) is 0. The van der Waals surface area contributed by atoms with E-state index in [0.717, 1.165) is 0 Å². The molecule has 1 unspecified atom stereocenters. The van der Waals surface area contributed by atoms with E-state index in [1.807, 2.05) is 22.0 Å². The van der Waals surface area contributed by atoms with E-state index in [-0.39, 0.29) is 0 Å². The number of halogens is 1. The van der Waals surface area contributed by atoms with E-state index in [1.165, 1.54) is 0 Å². The van der Waals surface area contributed by atoms with Crippen molar-refractivity contribution < 1.29 is 0 Å². The summed E-state index contributed by atoms with van der Waals surface area (Å²) in [6.07, 6.45) is 0. The standard InChI is InChI=1S/IPS2/c1-2(3)4. The molecule has 0 aromatic carbocycles. The van der Waals surface area contributed by atoms with Gasteiger partial charge < -0.3 is 12.2 Å². The Hall–Kier alpha value is 1.60. The molecule has 0 rings (SSSR count). The van der Waals surface area contributed by atoms with Crippen molar-refractivity contribution in [2.45, 2.75) is 0 Å². The largest absolute Gasteiger partial charge is 0.468 e. The average molecular weight is 222 g/mol. The first-order valence-corrected chi connectivity index (χ1v) is 6.69. The van der Waals surface area contributed by atoms with Gasteiger partial charge in [0, 0.05) is 0 Å². The van der Waals surface area contributed by atoms with Crippen LogP contribution < -0.4 is 0 Å².